The molecular formula is C20H22N2O3. The van der Waals surface area contributed by atoms with Crippen LogP contribution < -0.4 is 5.32 Å². The maximum Gasteiger partial charge on any atom is 0.308 e. The summed E-state index contributed by atoms with van der Waals surface area (Å²) in [5.74, 6) is -1.75. The Morgan fingerprint density at radius 3 is 2.60 bits per heavy atom. The zero-order chi connectivity index (χ0) is 17.9. The van der Waals surface area contributed by atoms with Crippen molar-refractivity contribution in [2.75, 3.05) is 0 Å². The molecule has 1 aliphatic rings. The van der Waals surface area contributed by atoms with Crippen LogP contribution in [0.3, 0.4) is 0 Å². The van der Waals surface area contributed by atoms with Crippen LogP contribution in [-0.4, -0.2) is 27.5 Å². The number of rotatable bonds is 4. The average molecular weight is 338 g/mol. The molecule has 0 spiro atoms. The Kier molecular flexibility index (Phi) is 4.83. The molecule has 0 radical (unpaired) electrons. The molecule has 3 rings (SSSR count). The van der Waals surface area contributed by atoms with Crippen molar-refractivity contribution in [1.82, 2.24) is 10.3 Å². The second-order valence-electron chi connectivity index (χ2n) is 6.78. The van der Waals surface area contributed by atoms with Gasteiger partial charge >= 0.3 is 5.97 Å². The van der Waals surface area contributed by atoms with E-state index in [9.17, 15) is 14.7 Å². The van der Waals surface area contributed by atoms with Crippen LogP contribution in [0.25, 0.3) is 11.3 Å². The van der Waals surface area contributed by atoms with Crippen molar-refractivity contribution in [1.29, 1.82) is 0 Å². The molecule has 2 unspecified atom stereocenters. The van der Waals surface area contributed by atoms with Crippen molar-refractivity contribution in [2.24, 2.45) is 5.92 Å². The van der Waals surface area contributed by atoms with Crippen molar-refractivity contribution >= 4 is 11.9 Å². The fourth-order valence-corrected chi connectivity index (χ4v) is 3.53. The molecule has 1 saturated carbocycles. The van der Waals surface area contributed by atoms with Gasteiger partial charge in [-0.2, -0.15) is 0 Å². The van der Waals surface area contributed by atoms with E-state index in [4.69, 9.17) is 0 Å². The quantitative estimate of drug-likeness (QED) is 0.894. The van der Waals surface area contributed by atoms with E-state index >= 15 is 0 Å². The number of pyridine rings is 1. The molecule has 5 heteroatoms. The summed E-state index contributed by atoms with van der Waals surface area (Å²) in [5, 5.41) is 12.4. The Hall–Kier alpha value is -2.69. The first-order chi connectivity index (χ1) is 12.0. The molecule has 2 aromatic rings. The lowest BCUT2D eigenvalue weighted by atomic mass is 9.74. The minimum Gasteiger partial charge on any atom is -0.481 e. The van der Waals surface area contributed by atoms with Crippen LogP contribution in [0.5, 0.6) is 0 Å². The number of nitrogens with one attached hydrogen (secondary N) is 1. The molecule has 5 nitrogen and oxygen atoms in total. The van der Waals surface area contributed by atoms with Gasteiger partial charge in [0, 0.05) is 5.56 Å². The van der Waals surface area contributed by atoms with Crippen LogP contribution >= 0.6 is 0 Å². The second-order valence-corrected chi connectivity index (χ2v) is 6.78. The molecule has 0 aliphatic heterocycles. The molecule has 1 amide bonds. The van der Waals surface area contributed by atoms with E-state index in [0.717, 1.165) is 24.1 Å². The molecular weight excluding hydrogens is 316 g/mol. The summed E-state index contributed by atoms with van der Waals surface area (Å²) >= 11 is 0. The van der Waals surface area contributed by atoms with Gasteiger partial charge in [0.15, 0.2) is 0 Å². The molecule has 1 aliphatic carbocycles. The number of carbonyl (C=O) groups is 2. The molecule has 0 saturated heterocycles. The molecule has 130 valence electrons. The largest absolute Gasteiger partial charge is 0.481 e. The number of carboxylic acid groups (broad SMARTS) is 1. The van der Waals surface area contributed by atoms with Gasteiger partial charge < -0.3 is 10.4 Å². The predicted octanol–water partition coefficient (Wildman–Crippen LogP) is 3.51. The van der Waals surface area contributed by atoms with E-state index < -0.39 is 17.4 Å². The third-order valence-electron chi connectivity index (χ3n) is 4.96. The normalized spacial score (nSPS) is 23.0. The van der Waals surface area contributed by atoms with Crippen LogP contribution in [0.2, 0.25) is 0 Å². The van der Waals surface area contributed by atoms with Gasteiger partial charge in [-0.3, -0.25) is 9.59 Å². The zero-order valence-corrected chi connectivity index (χ0v) is 14.2. The highest BCUT2D eigenvalue weighted by Gasteiger charge is 2.42. The maximum absolute atomic E-state index is 12.7. The number of carboxylic acids is 1. The van der Waals surface area contributed by atoms with Crippen LogP contribution in [0.1, 0.15) is 43.1 Å². The van der Waals surface area contributed by atoms with Gasteiger partial charge in [0.05, 0.1) is 17.2 Å². The van der Waals surface area contributed by atoms with E-state index in [0.29, 0.717) is 18.5 Å². The zero-order valence-electron chi connectivity index (χ0n) is 14.2. The third-order valence-corrected chi connectivity index (χ3v) is 4.96. The molecule has 1 heterocycles. The number of nitrogens with zero attached hydrogens (tertiary/aromatic N) is 1. The van der Waals surface area contributed by atoms with Crippen LogP contribution in [-0.2, 0) is 4.79 Å². The Balaban J connectivity index is 1.82. The fraction of sp³-hybridized carbons (Fsp3) is 0.350. The highest BCUT2D eigenvalue weighted by molar-refractivity contribution is 5.93. The summed E-state index contributed by atoms with van der Waals surface area (Å²) in [7, 11) is 0. The van der Waals surface area contributed by atoms with Gasteiger partial charge in [-0.25, -0.2) is 4.98 Å². The number of aromatic nitrogens is 1. The van der Waals surface area contributed by atoms with Crippen molar-refractivity contribution in [3.8, 4) is 11.3 Å². The highest BCUT2D eigenvalue weighted by atomic mass is 16.4. The molecule has 2 N–H and O–H groups in total. The van der Waals surface area contributed by atoms with Crippen molar-refractivity contribution in [2.45, 2.75) is 38.1 Å². The Bertz CT molecular complexity index is 776. The fourth-order valence-electron chi connectivity index (χ4n) is 3.53. The Morgan fingerprint density at radius 1 is 1.12 bits per heavy atom. The maximum atomic E-state index is 12.7. The summed E-state index contributed by atoms with van der Waals surface area (Å²) in [4.78, 5) is 28.7. The third kappa shape index (κ3) is 3.71. The monoisotopic (exact) mass is 338 g/mol. The first kappa shape index (κ1) is 17.1. The smallest absolute Gasteiger partial charge is 0.308 e. The van der Waals surface area contributed by atoms with Gasteiger partial charge in [-0.05, 0) is 31.9 Å². The van der Waals surface area contributed by atoms with Crippen LogP contribution in [0.15, 0.2) is 48.5 Å². The van der Waals surface area contributed by atoms with E-state index in [-0.39, 0.29) is 5.91 Å². The number of aliphatic carboxylic acids is 1. The van der Waals surface area contributed by atoms with E-state index in [1.165, 1.54) is 0 Å². The van der Waals surface area contributed by atoms with Crippen molar-refractivity contribution in [3.63, 3.8) is 0 Å². The number of amides is 1. The average Bonchev–Trinajstić information content (AvgIpc) is 2.62. The first-order valence-electron chi connectivity index (χ1n) is 8.57. The Labute approximate surface area is 147 Å². The van der Waals surface area contributed by atoms with Gasteiger partial charge in [0.1, 0.15) is 5.69 Å². The number of hydrogen-bond acceptors (Lipinski definition) is 3. The minimum atomic E-state index is -0.853. The lowest BCUT2D eigenvalue weighted by molar-refractivity contribution is -0.145. The minimum absolute atomic E-state index is 0.303. The van der Waals surface area contributed by atoms with Crippen molar-refractivity contribution < 1.29 is 14.7 Å². The number of carbonyl (C=O) groups excluding carboxylic acids is 1. The predicted molar refractivity (Wildman–Crippen MR) is 95.1 cm³/mol. The Morgan fingerprint density at radius 2 is 1.88 bits per heavy atom. The highest BCUT2D eigenvalue weighted by Crippen LogP contribution is 2.34. The second kappa shape index (κ2) is 7.05. The van der Waals surface area contributed by atoms with Crippen molar-refractivity contribution in [3.05, 3.63) is 54.2 Å². The summed E-state index contributed by atoms with van der Waals surface area (Å²) in [6, 6.07) is 14.9. The molecule has 1 fully saturated rings. The molecule has 1 aromatic heterocycles. The van der Waals surface area contributed by atoms with Gasteiger partial charge in [-0.15, -0.1) is 0 Å². The van der Waals surface area contributed by atoms with E-state index in [1.54, 1.807) is 12.1 Å². The van der Waals surface area contributed by atoms with Crippen LogP contribution in [0.4, 0.5) is 0 Å². The first-order valence-corrected chi connectivity index (χ1v) is 8.57. The van der Waals surface area contributed by atoms with Gasteiger partial charge in [0.2, 0.25) is 0 Å². The van der Waals surface area contributed by atoms with Gasteiger partial charge in [-0.1, -0.05) is 49.2 Å². The summed E-state index contributed by atoms with van der Waals surface area (Å²) < 4.78 is 0. The van der Waals surface area contributed by atoms with Crippen LogP contribution in [0, 0.1) is 5.92 Å². The summed E-state index contributed by atoms with van der Waals surface area (Å²) in [5.41, 5.74) is 1.21. The summed E-state index contributed by atoms with van der Waals surface area (Å²) in [6.45, 7) is 1.82. The lowest BCUT2D eigenvalue weighted by Gasteiger charge is -2.39. The topological polar surface area (TPSA) is 79.3 Å². The van der Waals surface area contributed by atoms with E-state index in [1.807, 2.05) is 43.3 Å². The molecule has 0 bridgehead atoms. The van der Waals surface area contributed by atoms with Gasteiger partial charge in [0.25, 0.3) is 5.91 Å². The standard InChI is InChI=1S/C20H22N2O3/c1-20(13-6-5-10-15(20)19(24)25)22-18(23)17-12-7-11-16(21-17)14-8-3-2-4-9-14/h2-4,7-9,11-12,15H,5-6,10,13H2,1H3,(H,22,23)(H,24,25). The summed E-state index contributed by atoms with van der Waals surface area (Å²) in [6.07, 6.45) is 3.04. The number of hydrogen-bond donors (Lipinski definition) is 2. The molecule has 2 atom stereocenters. The van der Waals surface area contributed by atoms with E-state index in [2.05, 4.69) is 10.3 Å². The SMILES string of the molecule is CC1(NC(=O)c2cccc(-c3ccccc3)n2)CCCCC1C(=O)O. The lowest BCUT2D eigenvalue weighted by Crippen LogP contribution is -2.55. The molecule has 1 aromatic carbocycles. The number of benzene rings is 1. The molecule has 25 heavy (non-hydrogen) atoms.